The van der Waals surface area contributed by atoms with Crippen LogP contribution >= 0.6 is 0 Å². The van der Waals surface area contributed by atoms with Crippen molar-refractivity contribution in [3.8, 4) is 0 Å². The average Bonchev–Trinajstić information content (AvgIpc) is 2.68. The van der Waals surface area contributed by atoms with E-state index >= 15 is 0 Å². The lowest BCUT2D eigenvalue weighted by Gasteiger charge is -2.16. The summed E-state index contributed by atoms with van der Waals surface area (Å²) in [5, 5.41) is 19.1. The highest BCUT2D eigenvalue weighted by Gasteiger charge is 2.24. The molecule has 0 bridgehead atoms. The van der Waals surface area contributed by atoms with E-state index in [2.05, 4.69) is 0 Å². The summed E-state index contributed by atoms with van der Waals surface area (Å²) in [5.74, 6) is -1.77. The van der Waals surface area contributed by atoms with Crippen molar-refractivity contribution in [2.75, 3.05) is 0 Å². The van der Waals surface area contributed by atoms with E-state index in [1.165, 1.54) is 16.7 Å². The van der Waals surface area contributed by atoms with E-state index in [0.29, 0.717) is 10.9 Å². The van der Waals surface area contributed by atoms with Crippen molar-refractivity contribution < 1.29 is 19.4 Å². The number of hydrogen-bond acceptors (Lipinski definition) is 2. The van der Waals surface area contributed by atoms with Crippen molar-refractivity contribution >= 4 is 16.9 Å². The molecule has 0 amide bonds. The summed E-state index contributed by atoms with van der Waals surface area (Å²) >= 11 is 0. The minimum atomic E-state index is -1.65. The second-order valence-corrected chi connectivity index (χ2v) is 4.45. The summed E-state index contributed by atoms with van der Waals surface area (Å²) < 4.78 is 15.4. The van der Waals surface area contributed by atoms with Gasteiger partial charge >= 0.3 is 5.97 Å². The highest BCUT2D eigenvalue weighted by Crippen LogP contribution is 2.29. The molecule has 1 heterocycles. The molecule has 1 aromatic carbocycles. The maximum Gasteiger partial charge on any atom is 0.338 e. The second kappa shape index (κ2) is 4.42. The Morgan fingerprint density at radius 2 is 2.06 bits per heavy atom. The number of para-hydroxylation sites is 1. The third kappa shape index (κ3) is 1.86. The third-order valence-electron chi connectivity index (χ3n) is 2.87. The predicted molar refractivity (Wildman–Crippen MR) is 64.9 cm³/mol. The minimum Gasteiger partial charge on any atom is -0.479 e. The first kappa shape index (κ1) is 12.6. The zero-order chi connectivity index (χ0) is 13.4. The Bertz CT molecular complexity index is 604. The van der Waals surface area contributed by atoms with Gasteiger partial charge in [-0.2, -0.15) is 0 Å². The highest BCUT2D eigenvalue weighted by atomic mass is 19.1. The number of aliphatic carboxylic acids is 1. The van der Waals surface area contributed by atoms with Gasteiger partial charge in [-0.1, -0.05) is 12.1 Å². The highest BCUT2D eigenvalue weighted by molar-refractivity contribution is 5.84. The van der Waals surface area contributed by atoms with Crippen LogP contribution in [0.1, 0.15) is 31.7 Å². The summed E-state index contributed by atoms with van der Waals surface area (Å²) in [6.45, 7) is 3.62. The Balaban J connectivity index is 2.78. The molecule has 0 fully saturated rings. The van der Waals surface area contributed by atoms with Gasteiger partial charge in [0, 0.05) is 11.4 Å². The topological polar surface area (TPSA) is 62.5 Å². The number of aliphatic hydroxyl groups excluding tert-OH is 1. The number of rotatable bonds is 3. The number of carbonyl (C=O) groups is 1. The zero-order valence-corrected chi connectivity index (χ0v) is 10.1. The van der Waals surface area contributed by atoms with Crippen molar-refractivity contribution in [3.63, 3.8) is 0 Å². The number of carboxylic acids is 1. The molecule has 2 N–H and O–H groups in total. The van der Waals surface area contributed by atoms with Crippen molar-refractivity contribution in [3.05, 3.63) is 35.8 Å². The number of benzene rings is 1. The van der Waals surface area contributed by atoms with Gasteiger partial charge < -0.3 is 14.8 Å². The molecule has 5 heteroatoms. The number of nitrogens with zero attached hydrogens (tertiary/aromatic N) is 1. The number of hydrogen-bond donors (Lipinski definition) is 2. The first-order valence-corrected chi connectivity index (χ1v) is 5.63. The van der Waals surface area contributed by atoms with E-state index in [1.54, 1.807) is 12.1 Å². The molecule has 0 aliphatic carbocycles. The van der Waals surface area contributed by atoms with E-state index in [0.717, 1.165) is 0 Å². The lowest BCUT2D eigenvalue weighted by atomic mass is 10.2. The average molecular weight is 251 g/mol. The summed E-state index contributed by atoms with van der Waals surface area (Å²) in [6, 6.07) is 5.92. The number of aliphatic hydroxyl groups is 1. The van der Waals surface area contributed by atoms with Crippen LogP contribution in [0.4, 0.5) is 4.39 Å². The Labute approximate surface area is 103 Å². The number of carboxylic acid groups (broad SMARTS) is 1. The molecule has 0 saturated heterocycles. The summed E-state index contributed by atoms with van der Waals surface area (Å²) in [6.07, 6.45) is -1.65. The van der Waals surface area contributed by atoms with Gasteiger partial charge in [0.15, 0.2) is 6.10 Å². The maximum atomic E-state index is 13.8. The van der Waals surface area contributed by atoms with Gasteiger partial charge in [0.25, 0.3) is 0 Å². The van der Waals surface area contributed by atoms with E-state index in [1.807, 2.05) is 13.8 Å². The molecule has 96 valence electrons. The van der Waals surface area contributed by atoms with Gasteiger partial charge in [-0.05, 0) is 26.0 Å². The van der Waals surface area contributed by atoms with Gasteiger partial charge in [0.05, 0.1) is 11.2 Å². The second-order valence-electron chi connectivity index (χ2n) is 4.45. The molecule has 1 atom stereocenters. The largest absolute Gasteiger partial charge is 0.479 e. The molecule has 0 radical (unpaired) electrons. The van der Waals surface area contributed by atoms with Gasteiger partial charge in [-0.3, -0.25) is 0 Å². The molecule has 2 rings (SSSR count). The fourth-order valence-corrected chi connectivity index (χ4v) is 2.15. The molecule has 1 unspecified atom stereocenters. The molecule has 0 spiro atoms. The molecule has 0 saturated carbocycles. The summed E-state index contributed by atoms with van der Waals surface area (Å²) in [5.41, 5.74) is 0.514. The van der Waals surface area contributed by atoms with E-state index in [4.69, 9.17) is 5.11 Å². The first-order chi connectivity index (χ1) is 8.43. The third-order valence-corrected chi connectivity index (χ3v) is 2.87. The first-order valence-electron chi connectivity index (χ1n) is 5.63. The van der Waals surface area contributed by atoms with Crippen LogP contribution in [0.5, 0.6) is 0 Å². The number of halogens is 1. The predicted octanol–water partition coefficient (Wildman–Crippen LogP) is 2.48. The van der Waals surface area contributed by atoms with Gasteiger partial charge in [0.2, 0.25) is 0 Å². The van der Waals surface area contributed by atoms with Crippen molar-refractivity contribution in [2.24, 2.45) is 0 Å². The molecule has 0 aliphatic heterocycles. The van der Waals surface area contributed by atoms with E-state index in [-0.39, 0.29) is 11.7 Å². The summed E-state index contributed by atoms with van der Waals surface area (Å²) in [7, 11) is 0. The SMILES string of the molecule is CC(C)n1c(C(O)C(=O)O)cc2cccc(F)c21. The fraction of sp³-hybridized carbons (Fsp3) is 0.308. The lowest BCUT2D eigenvalue weighted by Crippen LogP contribution is -2.16. The molecule has 4 nitrogen and oxygen atoms in total. The van der Waals surface area contributed by atoms with Crippen LogP contribution in [0.25, 0.3) is 10.9 Å². The van der Waals surface area contributed by atoms with Gasteiger partial charge in [-0.15, -0.1) is 0 Å². The molecular weight excluding hydrogens is 237 g/mol. The van der Waals surface area contributed by atoms with E-state index < -0.39 is 17.9 Å². The van der Waals surface area contributed by atoms with Crippen LogP contribution < -0.4 is 0 Å². The Morgan fingerprint density at radius 3 is 2.61 bits per heavy atom. The summed E-state index contributed by atoms with van der Waals surface area (Å²) in [4.78, 5) is 10.9. The van der Waals surface area contributed by atoms with Crippen LogP contribution in [-0.4, -0.2) is 20.7 Å². The molecule has 18 heavy (non-hydrogen) atoms. The zero-order valence-electron chi connectivity index (χ0n) is 10.1. The lowest BCUT2D eigenvalue weighted by molar-refractivity contribution is -0.147. The van der Waals surface area contributed by atoms with Crippen molar-refractivity contribution in [1.29, 1.82) is 0 Å². The van der Waals surface area contributed by atoms with Gasteiger partial charge in [-0.25, -0.2) is 9.18 Å². The fourth-order valence-electron chi connectivity index (χ4n) is 2.15. The Hall–Kier alpha value is -1.88. The van der Waals surface area contributed by atoms with Crippen LogP contribution in [-0.2, 0) is 4.79 Å². The minimum absolute atomic E-state index is 0.150. The quantitative estimate of drug-likeness (QED) is 0.880. The van der Waals surface area contributed by atoms with Crippen LogP contribution in [0, 0.1) is 5.82 Å². The van der Waals surface area contributed by atoms with Crippen molar-refractivity contribution in [2.45, 2.75) is 26.0 Å². The maximum absolute atomic E-state index is 13.8. The number of fused-ring (bicyclic) bond motifs is 1. The molecule has 1 aromatic heterocycles. The van der Waals surface area contributed by atoms with Crippen LogP contribution in [0.3, 0.4) is 0 Å². The smallest absolute Gasteiger partial charge is 0.338 e. The molecular formula is C13H14FNO3. The normalized spacial score (nSPS) is 13.2. The molecule has 2 aromatic rings. The number of aromatic nitrogens is 1. The standard InChI is InChI=1S/C13H14FNO3/c1-7(2)15-10(12(16)13(17)18)6-8-4-3-5-9(14)11(8)15/h3-7,12,16H,1-2H3,(H,17,18). The van der Waals surface area contributed by atoms with Crippen LogP contribution in [0.15, 0.2) is 24.3 Å². The van der Waals surface area contributed by atoms with E-state index in [9.17, 15) is 14.3 Å². The monoisotopic (exact) mass is 251 g/mol. The Morgan fingerprint density at radius 1 is 1.39 bits per heavy atom. The van der Waals surface area contributed by atoms with Crippen molar-refractivity contribution in [1.82, 2.24) is 4.57 Å². The van der Waals surface area contributed by atoms with Gasteiger partial charge in [0.1, 0.15) is 5.82 Å². The Kier molecular flexibility index (Phi) is 3.09. The van der Waals surface area contributed by atoms with Crippen LogP contribution in [0.2, 0.25) is 0 Å². The molecule has 0 aliphatic rings.